The highest BCUT2D eigenvalue weighted by Crippen LogP contribution is 2.24. The van der Waals surface area contributed by atoms with Gasteiger partial charge in [-0.05, 0) is 44.9 Å². The number of carbonyl (C=O) groups is 2. The molecule has 1 aliphatic rings. The molecule has 0 bridgehead atoms. The van der Waals surface area contributed by atoms with Crippen molar-refractivity contribution in [2.75, 3.05) is 19.6 Å². The third-order valence-corrected chi connectivity index (χ3v) is 4.26. The molecule has 2 amide bonds. The van der Waals surface area contributed by atoms with Crippen molar-refractivity contribution in [3.8, 4) is 0 Å². The number of nitrogens with one attached hydrogen (secondary N) is 1. The van der Waals surface area contributed by atoms with Gasteiger partial charge >= 0.3 is 12.0 Å². The molecule has 1 fully saturated rings. The smallest absolute Gasteiger partial charge is 0.317 e. The Labute approximate surface area is 121 Å². The fourth-order valence-electron chi connectivity index (χ4n) is 2.48. The maximum Gasteiger partial charge on any atom is 0.317 e. The Hall–Kier alpha value is -1.26. The Morgan fingerprint density at radius 1 is 1.30 bits per heavy atom. The number of urea groups is 1. The number of carboxylic acids is 1. The molecule has 116 valence electrons. The van der Waals surface area contributed by atoms with Gasteiger partial charge in [-0.1, -0.05) is 13.8 Å². The van der Waals surface area contributed by atoms with E-state index in [9.17, 15) is 9.59 Å². The molecule has 5 nitrogen and oxygen atoms in total. The predicted molar refractivity (Wildman–Crippen MR) is 78.6 cm³/mol. The van der Waals surface area contributed by atoms with Crippen LogP contribution in [0.4, 0.5) is 4.79 Å². The number of hydrogen-bond acceptors (Lipinski definition) is 2. The van der Waals surface area contributed by atoms with E-state index in [1.165, 1.54) is 6.42 Å². The Morgan fingerprint density at radius 2 is 1.95 bits per heavy atom. The highest BCUT2D eigenvalue weighted by atomic mass is 16.4. The van der Waals surface area contributed by atoms with Gasteiger partial charge in [-0.2, -0.15) is 0 Å². The van der Waals surface area contributed by atoms with Crippen LogP contribution in [-0.2, 0) is 4.79 Å². The minimum Gasteiger partial charge on any atom is -0.481 e. The molecule has 0 aromatic carbocycles. The number of likely N-dealkylation sites (tertiary alicyclic amines) is 1. The van der Waals surface area contributed by atoms with Crippen molar-refractivity contribution in [2.24, 2.45) is 17.3 Å². The number of hydrogen-bond donors (Lipinski definition) is 2. The monoisotopic (exact) mass is 284 g/mol. The molecule has 2 N–H and O–H groups in total. The summed E-state index contributed by atoms with van der Waals surface area (Å²) in [6.45, 7) is 9.39. The third kappa shape index (κ3) is 4.69. The van der Waals surface area contributed by atoms with Crippen LogP contribution in [0, 0.1) is 17.3 Å². The van der Waals surface area contributed by atoms with Crippen LogP contribution in [0.5, 0.6) is 0 Å². The molecule has 20 heavy (non-hydrogen) atoms. The van der Waals surface area contributed by atoms with Crippen molar-refractivity contribution < 1.29 is 14.7 Å². The number of amides is 2. The second-order valence-corrected chi connectivity index (χ2v) is 6.77. The number of carbonyl (C=O) groups excluding carboxylic acids is 1. The van der Waals surface area contributed by atoms with Crippen LogP contribution in [-0.4, -0.2) is 41.6 Å². The summed E-state index contributed by atoms with van der Waals surface area (Å²) in [4.78, 5) is 25.0. The summed E-state index contributed by atoms with van der Waals surface area (Å²) < 4.78 is 0. The van der Waals surface area contributed by atoms with Crippen LogP contribution in [0.2, 0.25) is 0 Å². The molecule has 1 atom stereocenters. The first-order chi connectivity index (χ1) is 9.24. The van der Waals surface area contributed by atoms with Crippen molar-refractivity contribution in [1.82, 2.24) is 10.2 Å². The summed E-state index contributed by atoms with van der Waals surface area (Å²) >= 11 is 0. The number of aliphatic carboxylic acids is 1. The van der Waals surface area contributed by atoms with Crippen LogP contribution >= 0.6 is 0 Å². The van der Waals surface area contributed by atoms with Crippen molar-refractivity contribution in [2.45, 2.75) is 47.0 Å². The van der Waals surface area contributed by atoms with Gasteiger partial charge in [-0.3, -0.25) is 4.79 Å². The third-order valence-electron chi connectivity index (χ3n) is 4.26. The van der Waals surface area contributed by atoms with Crippen LogP contribution in [0.25, 0.3) is 0 Å². The highest BCUT2D eigenvalue weighted by molar-refractivity contribution is 5.77. The van der Waals surface area contributed by atoms with E-state index in [2.05, 4.69) is 19.2 Å². The van der Waals surface area contributed by atoms with E-state index in [0.29, 0.717) is 11.8 Å². The number of rotatable bonds is 4. The zero-order valence-electron chi connectivity index (χ0n) is 13.1. The maximum absolute atomic E-state index is 12.1. The minimum atomic E-state index is -0.929. The molecule has 0 aromatic heterocycles. The first-order valence-corrected chi connectivity index (χ1v) is 7.50. The first kappa shape index (κ1) is 16.8. The lowest BCUT2D eigenvalue weighted by Gasteiger charge is -2.25. The SMILES string of the molecule is CC(C)C1CCCN(C(=O)NCC(C)(C)C(=O)O)CC1. The largest absolute Gasteiger partial charge is 0.481 e. The van der Waals surface area contributed by atoms with Gasteiger partial charge in [0.2, 0.25) is 0 Å². The quantitative estimate of drug-likeness (QED) is 0.833. The molecule has 0 radical (unpaired) electrons. The van der Waals surface area contributed by atoms with Gasteiger partial charge < -0.3 is 15.3 Å². The Balaban J connectivity index is 2.46. The summed E-state index contributed by atoms with van der Waals surface area (Å²) in [6, 6.07) is -0.135. The average Bonchev–Trinajstić information content (AvgIpc) is 2.61. The van der Waals surface area contributed by atoms with E-state index in [1.807, 2.05) is 4.90 Å². The standard InChI is InChI=1S/C15H28N2O3/c1-11(2)12-6-5-8-17(9-7-12)14(20)16-10-15(3,4)13(18)19/h11-12H,5-10H2,1-4H3,(H,16,20)(H,18,19). The van der Waals surface area contributed by atoms with Gasteiger partial charge in [0.15, 0.2) is 0 Å². The second kappa shape index (κ2) is 6.95. The van der Waals surface area contributed by atoms with Gasteiger partial charge in [0.05, 0.1) is 5.41 Å². The van der Waals surface area contributed by atoms with Crippen molar-refractivity contribution in [1.29, 1.82) is 0 Å². The first-order valence-electron chi connectivity index (χ1n) is 7.50. The summed E-state index contributed by atoms with van der Waals surface area (Å²) in [5, 5.41) is 11.8. The number of carboxylic acid groups (broad SMARTS) is 1. The van der Waals surface area contributed by atoms with Crippen LogP contribution in [0.1, 0.15) is 47.0 Å². The Morgan fingerprint density at radius 3 is 2.50 bits per heavy atom. The molecule has 1 unspecified atom stereocenters. The lowest BCUT2D eigenvalue weighted by Crippen LogP contribution is -2.45. The summed E-state index contributed by atoms with van der Waals surface area (Å²) in [5.41, 5.74) is -0.929. The Bertz CT molecular complexity index is 353. The lowest BCUT2D eigenvalue weighted by molar-refractivity contribution is -0.146. The molecule has 0 aromatic rings. The summed E-state index contributed by atoms with van der Waals surface area (Å²) in [6.07, 6.45) is 3.23. The summed E-state index contributed by atoms with van der Waals surface area (Å²) in [7, 11) is 0. The molecule has 1 heterocycles. The van der Waals surface area contributed by atoms with Crippen LogP contribution in [0.15, 0.2) is 0 Å². The van der Waals surface area contributed by atoms with Crippen LogP contribution < -0.4 is 5.32 Å². The molecule has 1 saturated heterocycles. The average molecular weight is 284 g/mol. The molecular weight excluding hydrogens is 256 g/mol. The maximum atomic E-state index is 12.1. The lowest BCUT2D eigenvalue weighted by atomic mass is 9.89. The second-order valence-electron chi connectivity index (χ2n) is 6.77. The molecule has 5 heteroatoms. The van der Waals surface area contributed by atoms with Crippen LogP contribution in [0.3, 0.4) is 0 Å². The minimum absolute atomic E-state index is 0.135. The van der Waals surface area contributed by atoms with E-state index in [1.54, 1.807) is 13.8 Å². The molecule has 0 saturated carbocycles. The fraction of sp³-hybridized carbons (Fsp3) is 0.867. The van der Waals surface area contributed by atoms with Crippen molar-refractivity contribution >= 4 is 12.0 Å². The highest BCUT2D eigenvalue weighted by Gasteiger charge is 2.29. The zero-order valence-corrected chi connectivity index (χ0v) is 13.1. The van der Waals surface area contributed by atoms with Crippen molar-refractivity contribution in [3.63, 3.8) is 0 Å². The topological polar surface area (TPSA) is 69.6 Å². The van der Waals surface area contributed by atoms with E-state index in [0.717, 1.165) is 25.9 Å². The molecule has 1 rings (SSSR count). The van der Waals surface area contributed by atoms with E-state index in [4.69, 9.17) is 5.11 Å². The van der Waals surface area contributed by atoms with Gasteiger partial charge in [0.25, 0.3) is 0 Å². The van der Waals surface area contributed by atoms with Gasteiger partial charge in [-0.25, -0.2) is 4.79 Å². The Kier molecular flexibility index (Phi) is 5.84. The van der Waals surface area contributed by atoms with Crippen molar-refractivity contribution in [3.05, 3.63) is 0 Å². The van der Waals surface area contributed by atoms with Gasteiger partial charge in [0.1, 0.15) is 0 Å². The summed E-state index contributed by atoms with van der Waals surface area (Å²) in [5.74, 6) is 0.445. The predicted octanol–water partition coefficient (Wildman–Crippen LogP) is 2.56. The van der Waals surface area contributed by atoms with E-state index in [-0.39, 0.29) is 12.6 Å². The zero-order chi connectivity index (χ0) is 15.3. The van der Waals surface area contributed by atoms with E-state index >= 15 is 0 Å². The fourth-order valence-corrected chi connectivity index (χ4v) is 2.48. The van der Waals surface area contributed by atoms with Gasteiger partial charge in [-0.15, -0.1) is 0 Å². The molecule has 0 aliphatic carbocycles. The molecule has 1 aliphatic heterocycles. The normalized spacial score (nSPS) is 20.6. The molecular formula is C15H28N2O3. The molecule has 0 spiro atoms. The van der Waals surface area contributed by atoms with Gasteiger partial charge in [0, 0.05) is 19.6 Å². The van der Waals surface area contributed by atoms with E-state index < -0.39 is 11.4 Å². The number of nitrogens with zero attached hydrogens (tertiary/aromatic N) is 1.